The fourth-order valence-electron chi connectivity index (χ4n) is 3.29. The van der Waals surface area contributed by atoms with Gasteiger partial charge in [0.2, 0.25) is 0 Å². The molecule has 0 radical (unpaired) electrons. The number of hydrogen-bond acceptors (Lipinski definition) is 5. The fraction of sp³-hybridized carbons (Fsp3) is 0.478. The third-order valence-corrected chi connectivity index (χ3v) is 5.18. The van der Waals surface area contributed by atoms with Crippen molar-refractivity contribution in [2.45, 2.75) is 13.5 Å². The van der Waals surface area contributed by atoms with Gasteiger partial charge in [-0.25, -0.2) is 9.98 Å². The van der Waals surface area contributed by atoms with Crippen LogP contribution in [-0.4, -0.2) is 80.7 Å². The van der Waals surface area contributed by atoms with Gasteiger partial charge >= 0.3 is 0 Å². The third kappa shape index (κ3) is 6.62. The van der Waals surface area contributed by atoms with Crippen molar-refractivity contribution < 1.29 is 4.74 Å². The number of para-hydroxylation sites is 1. The first-order valence-corrected chi connectivity index (χ1v) is 10.7. The van der Waals surface area contributed by atoms with E-state index in [2.05, 4.69) is 51.1 Å². The molecule has 0 aliphatic carbocycles. The Balaban J connectivity index is 1.51. The largest absolute Gasteiger partial charge is 0.492 e. The Labute approximate surface area is 180 Å². The van der Waals surface area contributed by atoms with Crippen molar-refractivity contribution in [3.63, 3.8) is 0 Å². The molecule has 1 aliphatic heterocycles. The van der Waals surface area contributed by atoms with E-state index in [1.54, 1.807) is 0 Å². The summed E-state index contributed by atoms with van der Waals surface area (Å²) >= 11 is 0. The second kappa shape index (κ2) is 11.4. The Morgan fingerprint density at radius 2 is 1.90 bits per heavy atom. The lowest BCUT2D eigenvalue weighted by atomic mass is 10.2. The molecule has 0 atom stereocenters. The standard InChI is InChI=1S/C23H34N6O/c1-4-24-23(28(3)16-17-30-21-8-6-5-7-9-21)26-19-20-10-11-22(25-18-20)29-14-12-27(2)13-15-29/h5-11,18H,4,12-17,19H2,1-3H3,(H,24,26). The van der Waals surface area contributed by atoms with Crippen molar-refractivity contribution in [2.24, 2.45) is 4.99 Å². The highest BCUT2D eigenvalue weighted by Gasteiger charge is 2.15. The number of pyridine rings is 1. The predicted molar refractivity (Wildman–Crippen MR) is 123 cm³/mol. The maximum atomic E-state index is 5.80. The maximum Gasteiger partial charge on any atom is 0.194 e. The number of piperazine rings is 1. The number of hydrogen-bond donors (Lipinski definition) is 1. The van der Waals surface area contributed by atoms with Crippen molar-refractivity contribution in [3.8, 4) is 5.75 Å². The van der Waals surface area contributed by atoms with Crippen LogP contribution in [0.3, 0.4) is 0 Å². The van der Waals surface area contributed by atoms with Crippen LogP contribution in [-0.2, 0) is 6.54 Å². The molecule has 30 heavy (non-hydrogen) atoms. The van der Waals surface area contributed by atoms with Crippen molar-refractivity contribution in [1.82, 2.24) is 20.1 Å². The molecule has 1 N–H and O–H groups in total. The van der Waals surface area contributed by atoms with Crippen LogP contribution < -0.4 is 15.0 Å². The molecule has 162 valence electrons. The van der Waals surface area contributed by atoms with Gasteiger partial charge in [0, 0.05) is 46.0 Å². The minimum absolute atomic E-state index is 0.599. The smallest absolute Gasteiger partial charge is 0.194 e. The minimum atomic E-state index is 0.599. The van der Waals surface area contributed by atoms with Crippen LogP contribution in [0.1, 0.15) is 12.5 Å². The van der Waals surface area contributed by atoms with E-state index in [0.717, 1.165) is 62.4 Å². The SMILES string of the molecule is CCNC(=NCc1ccc(N2CCN(C)CC2)nc1)N(C)CCOc1ccccc1. The summed E-state index contributed by atoms with van der Waals surface area (Å²) in [5, 5.41) is 3.36. The summed E-state index contributed by atoms with van der Waals surface area (Å²) in [5.74, 6) is 2.81. The molecule has 0 unspecified atom stereocenters. The Hall–Kier alpha value is -2.80. The number of ether oxygens (including phenoxy) is 1. The molecule has 1 fully saturated rings. The van der Waals surface area contributed by atoms with Crippen LogP contribution in [0.25, 0.3) is 0 Å². The molecular formula is C23H34N6O. The van der Waals surface area contributed by atoms with Crippen LogP contribution in [0.5, 0.6) is 5.75 Å². The van der Waals surface area contributed by atoms with Crippen molar-refractivity contribution in [1.29, 1.82) is 0 Å². The number of aromatic nitrogens is 1. The lowest BCUT2D eigenvalue weighted by molar-refractivity contribution is 0.281. The Kier molecular flexibility index (Phi) is 8.32. The Morgan fingerprint density at radius 3 is 2.57 bits per heavy atom. The van der Waals surface area contributed by atoms with Gasteiger partial charge in [-0.1, -0.05) is 24.3 Å². The predicted octanol–water partition coefficient (Wildman–Crippen LogP) is 2.31. The second-order valence-electron chi connectivity index (χ2n) is 7.57. The summed E-state index contributed by atoms with van der Waals surface area (Å²) in [7, 11) is 4.20. The molecule has 0 amide bonds. The number of guanidine groups is 1. The van der Waals surface area contributed by atoms with Crippen LogP contribution in [0, 0.1) is 0 Å². The number of aliphatic imine (C=N–C) groups is 1. The summed E-state index contributed by atoms with van der Waals surface area (Å²) in [6, 6.07) is 14.1. The molecule has 1 saturated heterocycles. The summed E-state index contributed by atoms with van der Waals surface area (Å²) in [5.41, 5.74) is 1.11. The average Bonchev–Trinajstić information content (AvgIpc) is 2.78. The first-order valence-electron chi connectivity index (χ1n) is 10.7. The minimum Gasteiger partial charge on any atom is -0.492 e. The topological polar surface area (TPSA) is 56.2 Å². The highest BCUT2D eigenvalue weighted by Crippen LogP contribution is 2.14. The zero-order valence-electron chi connectivity index (χ0n) is 18.4. The molecule has 2 aromatic rings. The van der Waals surface area contributed by atoms with Crippen LogP contribution in [0.15, 0.2) is 53.7 Å². The zero-order valence-corrected chi connectivity index (χ0v) is 18.4. The Morgan fingerprint density at radius 1 is 1.13 bits per heavy atom. The molecule has 0 spiro atoms. The normalized spacial score (nSPS) is 15.2. The highest BCUT2D eigenvalue weighted by atomic mass is 16.5. The molecule has 7 nitrogen and oxygen atoms in total. The van der Waals surface area contributed by atoms with E-state index in [1.807, 2.05) is 43.6 Å². The van der Waals surface area contributed by atoms with Crippen LogP contribution in [0.4, 0.5) is 5.82 Å². The number of rotatable bonds is 8. The number of anilines is 1. The van der Waals surface area contributed by atoms with E-state index in [0.29, 0.717) is 13.2 Å². The van der Waals surface area contributed by atoms with Crippen LogP contribution >= 0.6 is 0 Å². The lowest BCUT2D eigenvalue weighted by Gasteiger charge is -2.33. The van der Waals surface area contributed by atoms with Crippen molar-refractivity contribution >= 4 is 11.8 Å². The van der Waals surface area contributed by atoms with Gasteiger partial charge in [-0.15, -0.1) is 0 Å². The van der Waals surface area contributed by atoms with E-state index in [-0.39, 0.29) is 0 Å². The zero-order chi connectivity index (χ0) is 21.2. The molecular weight excluding hydrogens is 376 g/mol. The first-order chi connectivity index (χ1) is 14.7. The molecule has 3 rings (SSSR count). The van der Waals surface area contributed by atoms with Crippen LogP contribution in [0.2, 0.25) is 0 Å². The molecule has 2 heterocycles. The quantitative estimate of drug-likeness (QED) is 0.532. The van der Waals surface area contributed by atoms with Gasteiger partial charge < -0.3 is 24.8 Å². The van der Waals surface area contributed by atoms with Crippen molar-refractivity contribution in [3.05, 3.63) is 54.2 Å². The lowest BCUT2D eigenvalue weighted by Crippen LogP contribution is -2.44. The van der Waals surface area contributed by atoms with Crippen molar-refractivity contribution in [2.75, 3.05) is 64.9 Å². The number of nitrogens with one attached hydrogen (secondary N) is 1. The van der Waals surface area contributed by atoms with E-state index in [4.69, 9.17) is 9.73 Å². The van der Waals surface area contributed by atoms with E-state index in [1.165, 1.54) is 0 Å². The first kappa shape index (κ1) is 21.9. The molecule has 0 saturated carbocycles. The molecule has 0 bridgehead atoms. The van der Waals surface area contributed by atoms with Gasteiger partial charge in [0.1, 0.15) is 18.2 Å². The van der Waals surface area contributed by atoms with E-state index in [9.17, 15) is 0 Å². The Bertz CT molecular complexity index is 772. The molecule has 1 aromatic carbocycles. The summed E-state index contributed by atoms with van der Waals surface area (Å²) in [4.78, 5) is 16.2. The summed E-state index contributed by atoms with van der Waals surface area (Å²) in [6.45, 7) is 9.08. The number of likely N-dealkylation sites (N-methyl/N-ethyl adjacent to an activating group) is 2. The molecule has 7 heteroatoms. The van der Waals surface area contributed by atoms with Gasteiger partial charge in [0.15, 0.2) is 5.96 Å². The van der Waals surface area contributed by atoms with Gasteiger partial charge in [0.25, 0.3) is 0 Å². The molecule has 1 aliphatic rings. The maximum absolute atomic E-state index is 5.80. The van der Waals surface area contributed by atoms with Gasteiger partial charge in [-0.05, 0) is 37.7 Å². The van der Waals surface area contributed by atoms with Gasteiger partial charge in [0.05, 0.1) is 13.1 Å². The van der Waals surface area contributed by atoms with Gasteiger partial charge in [-0.3, -0.25) is 0 Å². The number of nitrogens with zero attached hydrogens (tertiary/aromatic N) is 5. The van der Waals surface area contributed by atoms with E-state index >= 15 is 0 Å². The van der Waals surface area contributed by atoms with E-state index < -0.39 is 0 Å². The third-order valence-electron chi connectivity index (χ3n) is 5.18. The van der Waals surface area contributed by atoms with Gasteiger partial charge in [-0.2, -0.15) is 0 Å². The monoisotopic (exact) mass is 410 g/mol. The highest BCUT2D eigenvalue weighted by molar-refractivity contribution is 5.79. The number of benzene rings is 1. The fourth-order valence-corrected chi connectivity index (χ4v) is 3.29. The average molecular weight is 411 g/mol. The second-order valence-corrected chi connectivity index (χ2v) is 7.57. The summed E-state index contributed by atoms with van der Waals surface area (Å²) < 4.78 is 5.80. The molecule has 1 aromatic heterocycles. The summed E-state index contributed by atoms with van der Waals surface area (Å²) in [6.07, 6.45) is 1.94.